The second-order valence-corrected chi connectivity index (χ2v) is 2.86. The SMILES string of the molecule is Nc1c(C(=O)O)ncn1-c1ccncc1. The van der Waals surface area contributed by atoms with Crippen molar-refractivity contribution in [3.05, 3.63) is 36.5 Å². The average molecular weight is 204 g/mol. The smallest absolute Gasteiger partial charge is 0.358 e. The number of carboxylic acids is 1. The molecule has 0 radical (unpaired) electrons. The molecule has 2 heterocycles. The van der Waals surface area contributed by atoms with E-state index in [2.05, 4.69) is 9.97 Å². The van der Waals surface area contributed by atoms with Gasteiger partial charge in [-0.2, -0.15) is 0 Å². The highest BCUT2D eigenvalue weighted by Gasteiger charge is 2.14. The molecule has 0 atom stereocenters. The third-order valence-electron chi connectivity index (χ3n) is 1.95. The molecule has 2 aromatic rings. The molecule has 0 aliphatic carbocycles. The Morgan fingerprint density at radius 1 is 1.40 bits per heavy atom. The second kappa shape index (κ2) is 3.41. The first-order chi connectivity index (χ1) is 7.20. The number of anilines is 1. The van der Waals surface area contributed by atoms with E-state index in [1.807, 2.05) is 0 Å². The van der Waals surface area contributed by atoms with Gasteiger partial charge in [0.25, 0.3) is 0 Å². The molecule has 3 N–H and O–H groups in total. The molecule has 2 aromatic heterocycles. The monoisotopic (exact) mass is 204 g/mol. The predicted molar refractivity (Wildman–Crippen MR) is 52.7 cm³/mol. The molecular weight excluding hydrogens is 196 g/mol. The van der Waals surface area contributed by atoms with Crippen LogP contribution < -0.4 is 5.73 Å². The van der Waals surface area contributed by atoms with Gasteiger partial charge in [0, 0.05) is 12.4 Å². The summed E-state index contributed by atoms with van der Waals surface area (Å²) in [7, 11) is 0. The van der Waals surface area contributed by atoms with E-state index in [0.29, 0.717) is 0 Å². The second-order valence-electron chi connectivity index (χ2n) is 2.86. The number of aromatic nitrogens is 3. The molecule has 6 heteroatoms. The van der Waals surface area contributed by atoms with Gasteiger partial charge in [0.1, 0.15) is 12.1 Å². The van der Waals surface area contributed by atoms with E-state index in [9.17, 15) is 4.79 Å². The minimum atomic E-state index is -1.14. The predicted octanol–water partition coefficient (Wildman–Crippen LogP) is 0.548. The summed E-state index contributed by atoms with van der Waals surface area (Å²) in [4.78, 5) is 18.3. The molecule has 0 saturated heterocycles. The van der Waals surface area contributed by atoms with Crippen molar-refractivity contribution in [3.8, 4) is 5.69 Å². The number of carboxylic acid groups (broad SMARTS) is 1. The number of hydrogen-bond acceptors (Lipinski definition) is 4. The number of nitrogens with zero attached hydrogens (tertiary/aromatic N) is 3. The summed E-state index contributed by atoms with van der Waals surface area (Å²) in [6.45, 7) is 0. The van der Waals surface area contributed by atoms with Crippen molar-refractivity contribution in [3.63, 3.8) is 0 Å². The maximum Gasteiger partial charge on any atom is 0.358 e. The molecule has 76 valence electrons. The van der Waals surface area contributed by atoms with Crippen LogP contribution in [0.3, 0.4) is 0 Å². The minimum absolute atomic E-state index is 0.105. The van der Waals surface area contributed by atoms with Crippen LogP contribution in [0.1, 0.15) is 10.5 Å². The summed E-state index contributed by atoms with van der Waals surface area (Å²) in [6, 6.07) is 3.42. The van der Waals surface area contributed by atoms with E-state index in [1.165, 1.54) is 10.9 Å². The topological polar surface area (TPSA) is 94.0 Å². The number of nitrogens with two attached hydrogens (primary N) is 1. The molecule has 0 amide bonds. The Morgan fingerprint density at radius 2 is 2.07 bits per heavy atom. The fourth-order valence-corrected chi connectivity index (χ4v) is 1.23. The fraction of sp³-hybridized carbons (Fsp3) is 0. The van der Waals surface area contributed by atoms with Crippen molar-refractivity contribution < 1.29 is 9.90 Å². The van der Waals surface area contributed by atoms with Gasteiger partial charge in [-0.25, -0.2) is 9.78 Å². The summed E-state index contributed by atoms with van der Waals surface area (Å²) in [5.74, 6) is -1.03. The van der Waals surface area contributed by atoms with Crippen LogP contribution in [0.5, 0.6) is 0 Å². The summed E-state index contributed by atoms with van der Waals surface area (Å²) in [5, 5.41) is 8.76. The molecule has 0 aromatic carbocycles. The largest absolute Gasteiger partial charge is 0.476 e. The zero-order chi connectivity index (χ0) is 10.8. The third kappa shape index (κ3) is 1.52. The minimum Gasteiger partial charge on any atom is -0.476 e. The summed E-state index contributed by atoms with van der Waals surface area (Å²) < 4.78 is 1.49. The maximum atomic E-state index is 10.7. The van der Waals surface area contributed by atoms with Gasteiger partial charge in [-0.1, -0.05) is 0 Å². The Balaban J connectivity index is 2.52. The molecule has 0 spiro atoms. The summed E-state index contributed by atoms with van der Waals surface area (Å²) >= 11 is 0. The molecule has 2 rings (SSSR count). The molecule has 0 aliphatic rings. The van der Waals surface area contributed by atoms with Crippen LogP contribution >= 0.6 is 0 Å². The first-order valence-electron chi connectivity index (χ1n) is 4.16. The van der Waals surface area contributed by atoms with Gasteiger partial charge >= 0.3 is 5.97 Å². The number of rotatable bonds is 2. The van der Waals surface area contributed by atoms with Crippen LogP contribution in [-0.2, 0) is 0 Å². The highest BCUT2D eigenvalue weighted by molar-refractivity contribution is 5.90. The van der Waals surface area contributed by atoms with E-state index < -0.39 is 5.97 Å². The first kappa shape index (κ1) is 9.20. The van der Waals surface area contributed by atoms with Crippen LogP contribution in [0.15, 0.2) is 30.9 Å². The van der Waals surface area contributed by atoms with E-state index in [0.717, 1.165) is 5.69 Å². The molecule has 0 fully saturated rings. The van der Waals surface area contributed by atoms with E-state index in [1.54, 1.807) is 24.5 Å². The standard InChI is InChI=1S/C9H8N4O2/c10-8-7(9(14)15)12-5-13(8)6-1-3-11-4-2-6/h1-5H,10H2,(H,14,15). The van der Waals surface area contributed by atoms with Gasteiger partial charge in [-0.3, -0.25) is 9.55 Å². The van der Waals surface area contributed by atoms with Crippen molar-refractivity contribution in [2.75, 3.05) is 5.73 Å². The number of aromatic carboxylic acids is 1. The van der Waals surface area contributed by atoms with E-state index >= 15 is 0 Å². The molecule has 15 heavy (non-hydrogen) atoms. The lowest BCUT2D eigenvalue weighted by molar-refractivity contribution is 0.0692. The van der Waals surface area contributed by atoms with E-state index in [-0.39, 0.29) is 11.5 Å². The Morgan fingerprint density at radius 3 is 2.60 bits per heavy atom. The van der Waals surface area contributed by atoms with Crippen molar-refractivity contribution in [2.24, 2.45) is 0 Å². The van der Waals surface area contributed by atoms with Gasteiger partial charge in [0.15, 0.2) is 5.69 Å². The first-order valence-corrected chi connectivity index (χ1v) is 4.16. The van der Waals surface area contributed by atoms with Crippen LogP contribution in [0.4, 0.5) is 5.82 Å². The molecule has 0 bridgehead atoms. The highest BCUT2D eigenvalue weighted by atomic mass is 16.4. The van der Waals surface area contributed by atoms with Crippen molar-refractivity contribution in [2.45, 2.75) is 0 Å². The highest BCUT2D eigenvalue weighted by Crippen LogP contribution is 2.15. The quantitative estimate of drug-likeness (QED) is 0.744. The van der Waals surface area contributed by atoms with Crippen LogP contribution in [0.25, 0.3) is 5.69 Å². The van der Waals surface area contributed by atoms with Gasteiger partial charge in [0.2, 0.25) is 0 Å². The third-order valence-corrected chi connectivity index (χ3v) is 1.95. The van der Waals surface area contributed by atoms with Crippen LogP contribution in [0.2, 0.25) is 0 Å². The molecule has 0 aliphatic heterocycles. The Bertz CT molecular complexity index is 492. The lowest BCUT2D eigenvalue weighted by Crippen LogP contribution is -2.05. The number of carbonyl (C=O) groups is 1. The van der Waals surface area contributed by atoms with E-state index in [4.69, 9.17) is 10.8 Å². The normalized spacial score (nSPS) is 10.1. The molecule has 6 nitrogen and oxygen atoms in total. The van der Waals surface area contributed by atoms with Crippen molar-refractivity contribution in [1.29, 1.82) is 0 Å². The fourth-order valence-electron chi connectivity index (χ4n) is 1.23. The number of hydrogen-bond donors (Lipinski definition) is 2. The summed E-state index contributed by atoms with van der Waals surface area (Å²) in [5.41, 5.74) is 6.21. The van der Waals surface area contributed by atoms with Gasteiger partial charge in [0.05, 0.1) is 5.69 Å². The number of imidazole rings is 1. The maximum absolute atomic E-state index is 10.7. The van der Waals surface area contributed by atoms with Crippen molar-refractivity contribution in [1.82, 2.24) is 14.5 Å². The van der Waals surface area contributed by atoms with Crippen LogP contribution in [0, 0.1) is 0 Å². The lowest BCUT2D eigenvalue weighted by Gasteiger charge is -2.03. The number of pyridine rings is 1. The molecule has 0 unspecified atom stereocenters. The Labute approximate surface area is 85.0 Å². The summed E-state index contributed by atoms with van der Waals surface area (Å²) in [6.07, 6.45) is 4.55. The van der Waals surface area contributed by atoms with Gasteiger partial charge in [-0.15, -0.1) is 0 Å². The Kier molecular flexibility index (Phi) is 2.09. The van der Waals surface area contributed by atoms with Gasteiger partial charge < -0.3 is 10.8 Å². The average Bonchev–Trinajstić information content (AvgIpc) is 2.61. The molecular formula is C9H8N4O2. The number of nitrogen functional groups attached to an aromatic ring is 1. The lowest BCUT2D eigenvalue weighted by atomic mass is 10.4. The molecule has 0 saturated carbocycles. The van der Waals surface area contributed by atoms with Crippen LogP contribution in [-0.4, -0.2) is 25.6 Å². The zero-order valence-electron chi connectivity index (χ0n) is 7.66. The zero-order valence-corrected chi connectivity index (χ0v) is 7.66. The Hall–Kier alpha value is -2.37. The van der Waals surface area contributed by atoms with Gasteiger partial charge in [-0.05, 0) is 12.1 Å². The van der Waals surface area contributed by atoms with Crippen molar-refractivity contribution >= 4 is 11.8 Å².